The van der Waals surface area contributed by atoms with Crippen molar-refractivity contribution >= 4 is 17.8 Å². The summed E-state index contributed by atoms with van der Waals surface area (Å²) >= 11 is 0. The fourth-order valence-corrected chi connectivity index (χ4v) is 3.16. The second kappa shape index (κ2) is 7.44. The van der Waals surface area contributed by atoms with E-state index in [-0.39, 0.29) is 18.5 Å². The van der Waals surface area contributed by atoms with Gasteiger partial charge in [-0.3, -0.25) is 9.69 Å². The molecule has 1 amide bonds. The Balaban J connectivity index is 2.27. The molecule has 0 spiro atoms. The van der Waals surface area contributed by atoms with Crippen LogP contribution >= 0.6 is 0 Å². The van der Waals surface area contributed by atoms with Crippen molar-refractivity contribution in [3.63, 3.8) is 0 Å². The number of Topliss-reactive ketones (excluding diaryl/α,β-unsaturated/α-hetero) is 1. The first-order chi connectivity index (χ1) is 12.8. The van der Waals surface area contributed by atoms with Crippen LogP contribution in [0.2, 0.25) is 0 Å². The van der Waals surface area contributed by atoms with Gasteiger partial charge in [0.15, 0.2) is 11.3 Å². The van der Waals surface area contributed by atoms with E-state index in [1.165, 1.54) is 0 Å². The van der Waals surface area contributed by atoms with Crippen molar-refractivity contribution in [1.82, 2.24) is 4.90 Å². The summed E-state index contributed by atoms with van der Waals surface area (Å²) in [6.45, 7) is 5.02. The lowest BCUT2D eigenvalue weighted by Gasteiger charge is -2.35. The van der Waals surface area contributed by atoms with Gasteiger partial charge < -0.3 is 9.84 Å². The fourth-order valence-electron chi connectivity index (χ4n) is 3.16. The van der Waals surface area contributed by atoms with E-state index in [1.807, 2.05) is 0 Å². The van der Waals surface area contributed by atoms with Crippen molar-refractivity contribution in [2.45, 2.75) is 57.3 Å². The molecule has 1 aromatic carbocycles. The normalized spacial score (nSPS) is 20.1. The number of rotatable bonds is 4. The maximum Gasteiger partial charge on any atom is 0.416 e. The quantitative estimate of drug-likeness (QED) is 0.767. The first-order valence-electron chi connectivity index (χ1n) is 8.71. The van der Waals surface area contributed by atoms with E-state index in [4.69, 9.17) is 4.74 Å². The predicted octanol–water partition coefficient (Wildman–Crippen LogP) is 4.13. The van der Waals surface area contributed by atoms with Gasteiger partial charge in [0.2, 0.25) is 0 Å². The summed E-state index contributed by atoms with van der Waals surface area (Å²) in [4.78, 5) is 38.1. The fraction of sp³-hybridized carbons (Fsp3) is 0.526. The lowest BCUT2D eigenvalue weighted by atomic mass is 9.87. The Morgan fingerprint density at radius 2 is 1.71 bits per heavy atom. The highest BCUT2D eigenvalue weighted by Crippen LogP contribution is 2.36. The zero-order valence-electron chi connectivity index (χ0n) is 15.8. The van der Waals surface area contributed by atoms with Gasteiger partial charge in [0, 0.05) is 18.5 Å². The average Bonchev–Trinajstić information content (AvgIpc) is 2.97. The summed E-state index contributed by atoms with van der Waals surface area (Å²) in [5.41, 5.74) is -3.60. The number of carbonyl (C=O) groups is 3. The lowest BCUT2D eigenvalue weighted by molar-refractivity contribution is -0.149. The molecule has 1 atom stereocenters. The molecule has 1 fully saturated rings. The molecule has 6 nitrogen and oxygen atoms in total. The molecule has 0 saturated carbocycles. The van der Waals surface area contributed by atoms with Gasteiger partial charge in [-0.05, 0) is 45.7 Å². The molecule has 28 heavy (non-hydrogen) atoms. The number of amides is 1. The molecule has 0 aromatic heterocycles. The maximum atomic E-state index is 12.7. The van der Waals surface area contributed by atoms with Crippen molar-refractivity contribution in [3.05, 3.63) is 35.4 Å². The Bertz CT molecular complexity index is 767. The second-order valence-electron chi connectivity index (χ2n) is 7.75. The summed E-state index contributed by atoms with van der Waals surface area (Å²) in [6.07, 6.45) is -5.51. The van der Waals surface area contributed by atoms with Crippen molar-refractivity contribution in [2.75, 3.05) is 6.54 Å². The number of likely N-dealkylation sites (tertiary alicyclic amines) is 1. The number of alkyl halides is 3. The monoisotopic (exact) mass is 401 g/mol. The Morgan fingerprint density at radius 3 is 2.18 bits per heavy atom. The minimum atomic E-state index is -4.54. The molecule has 1 aromatic rings. The summed E-state index contributed by atoms with van der Waals surface area (Å²) in [5.74, 6) is -2.01. The van der Waals surface area contributed by atoms with Gasteiger partial charge in [0.1, 0.15) is 5.60 Å². The molecule has 1 N–H and O–H groups in total. The highest BCUT2D eigenvalue weighted by molar-refractivity contribution is 6.01. The van der Waals surface area contributed by atoms with Crippen LogP contribution in [0.4, 0.5) is 18.0 Å². The molecule has 1 aliphatic heterocycles. The van der Waals surface area contributed by atoms with E-state index < -0.39 is 47.1 Å². The van der Waals surface area contributed by atoms with Gasteiger partial charge in [-0.2, -0.15) is 13.2 Å². The van der Waals surface area contributed by atoms with Crippen molar-refractivity contribution in [3.8, 4) is 0 Å². The Morgan fingerprint density at radius 1 is 1.14 bits per heavy atom. The van der Waals surface area contributed by atoms with Crippen molar-refractivity contribution in [1.29, 1.82) is 0 Å². The minimum absolute atomic E-state index is 0.0496. The topological polar surface area (TPSA) is 83.9 Å². The van der Waals surface area contributed by atoms with Crippen LogP contribution in [0.5, 0.6) is 0 Å². The largest absolute Gasteiger partial charge is 0.479 e. The van der Waals surface area contributed by atoms with Crippen LogP contribution in [0.15, 0.2) is 24.3 Å². The summed E-state index contributed by atoms with van der Waals surface area (Å²) < 4.78 is 43.3. The van der Waals surface area contributed by atoms with Gasteiger partial charge >= 0.3 is 18.2 Å². The maximum absolute atomic E-state index is 12.7. The molecule has 1 unspecified atom stereocenters. The van der Waals surface area contributed by atoms with Crippen LogP contribution in [0.3, 0.4) is 0 Å². The number of ether oxygens (including phenoxy) is 1. The third kappa shape index (κ3) is 4.63. The number of hydrogen-bond donors (Lipinski definition) is 1. The minimum Gasteiger partial charge on any atom is -0.479 e. The van der Waals surface area contributed by atoms with E-state index in [0.717, 1.165) is 29.2 Å². The van der Waals surface area contributed by atoms with E-state index in [1.54, 1.807) is 20.8 Å². The molecule has 1 saturated heterocycles. The second-order valence-corrected chi connectivity index (χ2v) is 7.75. The molecular weight excluding hydrogens is 379 g/mol. The first-order valence-corrected chi connectivity index (χ1v) is 8.71. The molecule has 2 rings (SSSR count). The van der Waals surface area contributed by atoms with Crippen LogP contribution < -0.4 is 0 Å². The van der Waals surface area contributed by atoms with E-state index >= 15 is 0 Å². The average molecular weight is 401 g/mol. The number of nitrogens with zero attached hydrogens (tertiary/aromatic N) is 1. The van der Waals surface area contributed by atoms with Crippen molar-refractivity contribution < 1.29 is 37.4 Å². The van der Waals surface area contributed by atoms with E-state index in [0.29, 0.717) is 6.42 Å². The van der Waals surface area contributed by atoms with Crippen LogP contribution in [0.1, 0.15) is 56.0 Å². The summed E-state index contributed by atoms with van der Waals surface area (Å²) in [5, 5.41) is 9.78. The highest BCUT2D eigenvalue weighted by Gasteiger charge is 2.52. The number of carbonyl (C=O) groups excluding carboxylic acids is 2. The number of hydrogen-bond acceptors (Lipinski definition) is 4. The molecule has 154 valence electrons. The standard InChI is InChI=1S/C19H22F3NO5/c1-17(2,3)28-16(27)23-10-4-9-18(23,15(25)26)11-14(24)12-5-7-13(8-6-12)19(20,21)22/h5-8H,4,9-11H2,1-3H3,(H,25,26). The highest BCUT2D eigenvalue weighted by atomic mass is 19.4. The van der Waals surface area contributed by atoms with Gasteiger partial charge in [0.25, 0.3) is 0 Å². The molecule has 0 radical (unpaired) electrons. The molecular formula is C19H22F3NO5. The molecule has 0 bridgehead atoms. The third-order valence-electron chi connectivity index (χ3n) is 4.49. The molecule has 1 aliphatic rings. The lowest BCUT2D eigenvalue weighted by Crippen LogP contribution is -2.55. The van der Waals surface area contributed by atoms with Gasteiger partial charge in [0.05, 0.1) is 5.56 Å². The number of carboxylic acid groups (broad SMARTS) is 1. The number of benzene rings is 1. The Kier molecular flexibility index (Phi) is 5.77. The number of halogens is 3. The summed E-state index contributed by atoms with van der Waals surface area (Å²) in [7, 11) is 0. The SMILES string of the molecule is CC(C)(C)OC(=O)N1CCCC1(CC(=O)c1ccc(C(F)(F)F)cc1)C(=O)O. The molecule has 0 aliphatic carbocycles. The van der Waals surface area contributed by atoms with Gasteiger partial charge in [-0.25, -0.2) is 9.59 Å². The predicted molar refractivity (Wildman–Crippen MR) is 92.9 cm³/mol. The van der Waals surface area contributed by atoms with E-state index in [9.17, 15) is 32.7 Å². The Hall–Kier alpha value is -2.58. The zero-order valence-corrected chi connectivity index (χ0v) is 15.8. The molecule has 9 heteroatoms. The number of carboxylic acids is 1. The van der Waals surface area contributed by atoms with E-state index in [2.05, 4.69) is 0 Å². The number of ketones is 1. The van der Waals surface area contributed by atoms with Gasteiger partial charge in [-0.1, -0.05) is 12.1 Å². The Labute approximate surface area is 160 Å². The van der Waals surface area contributed by atoms with Crippen LogP contribution in [0.25, 0.3) is 0 Å². The van der Waals surface area contributed by atoms with Crippen LogP contribution in [-0.4, -0.2) is 45.5 Å². The molecule has 1 heterocycles. The third-order valence-corrected chi connectivity index (χ3v) is 4.49. The summed E-state index contributed by atoms with van der Waals surface area (Å²) in [6, 6.07) is 3.54. The number of aliphatic carboxylic acids is 1. The van der Waals surface area contributed by atoms with Crippen LogP contribution in [-0.2, 0) is 15.7 Å². The smallest absolute Gasteiger partial charge is 0.416 e. The van der Waals surface area contributed by atoms with Gasteiger partial charge in [-0.15, -0.1) is 0 Å². The van der Waals surface area contributed by atoms with Crippen LogP contribution in [0, 0.1) is 0 Å². The van der Waals surface area contributed by atoms with Crippen molar-refractivity contribution in [2.24, 2.45) is 0 Å². The zero-order chi connectivity index (χ0) is 21.3. The first kappa shape index (κ1) is 21.7.